The molecule has 0 saturated carbocycles. The van der Waals surface area contributed by atoms with Gasteiger partial charge in [-0.25, -0.2) is 13.2 Å². The van der Waals surface area contributed by atoms with Crippen LogP contribution < -0.4 is 10.1 Å². The van der Waals surface area contributed by atoms with Crippen LogP contribution in [0.15, 0.2) is 59.5 Å². The van der Waals surface area contributed by atoms with Gasteiger partial charge in [-0.2, -0.15) is 4.31 Å². The van der Waals surface area contributed by atoms with Crippen molar-refractivity contribution in [2.75, 3.05) is 40.5 Å². The molecule has 6 atom stereocenters. The minimum absolute atomic E-state index is 0.0154. The average molecular weight is 593 g/mol. The van der Waals surface area contributed by atoms with Gasteiger partial charge in [-0.05, 0) is 42.2 Å². The second kappa shape index (κ2) is 14.0. The fourth-order valence-corrected chi connectivity index (χ4v) is 6.81. The van der Waals surface area contributed by atoms with Gasteiger partial charge in [0.1, 0.15) is 11.9 Å². The van der Waals surface area contributed by atoms with E-state index in [1.165, 1.54) is 23.5 Å². The molecule has 226 valence electrons. The van der Waals surface area contributed by atoms with Crippen LogP contribution in [0.25, 0.3) is 0 Å². The highest BCUT2D eigenvalue weighted by Gasteiger charge is 2.50. The Morgan fingerprint density at radius 2 is 1.68 bits per heavy atom. The minimum atomic E-state index is -3.96. The van der Waals surface area contributed by atoms with E-state index in [0.29, 0.717) is 12.4 Å². The van der Waals surface area contributed by atoms with Gasteiger partial charge in [-0.15, -0.1) is 0 Å². The van der Waals surface area contributed by atoms with E-state index in [1.807, 2.05) is 44.2 Å². The first-order valence-corrected chi connectivity index (χ1v) is 15.2. The Labute approximate surface area is 241 Å². The van der Waals surface area contributed by atoms with Crippen molar-refractivity contribution in [3.63, 3.8) is 0 Å². The number of alkyl carbamates (subject to hydrolysis) is 1. The summed E-state index contributed by atoms with van der Waals surface area (Å²) in [6.45, 7) is 4.25. The molecule has 0 unspecified atom stereocenters. The Bertz CT molecular complexity index is 1230. The summed E-state index contributed by atoms with van der Waals surface area (Å²) in [7, 11) is -0.883. The lowest BCUT2D eigenvalue weighted by Gasteiger charge is -2.31. The number of ether oxygens (including phenoxy) is 5. The Morgan fingerprint density at radius 1 is 1.02 bits per heavy atom. The van der Waals surface area contributed by atoms with Crippen molar-refractivity contribution in [1.82, 2.24) is 9.62 Å². The van der Waals surface area contributed by atoms with Crippen molar-refractivity contribution < 1.29 is 42.0 Å². The molecule has 0 radical (unpaired) electrons. The average Bonchev–Trinajstić information content (AvgIpc) is 3.55. The standard InChI is InChI=1S/C29H40N2O9S/c1-19(2)15-31(41(34,35)22-12-10-21(36-3)11-13-22)16-24(32)23(14-20-8-6-5-7-9-20)30-29(33)40-26-18-39-28-27(26)25(37-4)17-38-28/h5-13,19,23-28,32H,14-18H2,1-4H3,(H,30,33)/t23-,24-,25-,26-,27-,28+/m0/s1. The summed E-state index contributed by atoms with van der Waals surface area (Å²) in [6, 6.07) is 14.6. The van der Waals surface area contributed by atoms with Gasteiger partial charge in [-0.1, -0.05) is 44.2 Å². The van der Waals surface area contributed by atoms with Crippen molar-refractivity contribution in [3.8, 4) is 5.75 Å². The summed E-state index contributed by atoms with van der Waals surface area (Å²) in [5, 5.41) is 14.2. The van der Waals surface area contributed by atoms with Crippen LogP contribution in [0.5, 0.6) is 5.75 Å². The maximum Gasteiger partial charge on any atom is 0.407 e. The number of aliphatic hydroxyl groups is 1. The molecule has 0 aliphatic carbocycles. The first kappa shape index (κ1) is 31.2. The lowest BCUT2D eigenvalue weighted by molar-refractivity contribution is -0.0913. The van der Waals surface area contributed by atoms with Gasteiger partial charge >= 0.3 is 6.09 Å². The van der Waals surface area contributed by atoms with Crippen molar-refractivity contribution in [3.05, 3.63) is 60.2 Å². The number of nitrogens with zero attached hydrogens (tertiary/aromatic N) is 1. The summed E-state index contributed by atoms with van der Waals surface area (Å²) >= 11 is 0. The number of amides is 1. The largest absolute Gasteiger partial charge is 0.497 e. The second-order valence-electron chi connectivity index (χ2n) is 10.7. The fraction of sp³-hybridized carbons (Fsp3) is 0.552. The van der Waals surface area contributed by atoms with Crippen LogP contribution in [0, 0.1) is 11.8 Å². The van der Waals surface area contributed by atoms with Crippen LogP contribution in [-0.2, 0) is 35.4 Å². The van der Waals surface area contributed by atoms with E-state index in [4.69, 9.17) is 23.7 Å². The lowest BCUT2D eigenvalue weighted by Crippen LogP contribution is -2.52. The number of benzene rings is 2. The summed E-state index contributed by atoms with van der Waals surface area (Å²) in [4.78, 5) is 13.2. The van der Waals surface area contributed by atoms with E-state index in [9.17, 15) is 18.3 Å². The number of nitrogens with one attached hydrogen (secondary N) is 1. The maximum absolute atomic E-state index is 13.6. The number of methoxy groups -OCH3 is 2. The molecule has 0 aromatic heterocycles. The zero-order chi connectivity index (χ0) is 29.6. The predicted octanol–water partition coefficient (Wildman–Crippen LogP) is 2.43. The SMILES string of the molecule is COc1ccc(S(=O)(=O)N(CC(C)C)C[C@H](O)[C@H](Cc2ccccc2)NC(=O)O[C@H]2CO[C@H]3OC[C@H](OC)[C@H]32)cc1. The number of rotatable bonds is 13. The molecule has 2 heterocycles. The summed E-state index contributed by atoms with van der Waals surface area (Å²) in [6.07, 6.45) is -3.09. The Morgan fingerprint density at radius 3 is 2.29 bits per heavy atom. The number of hydrogen-bond acceptors (Lipinski definition) is 9. The highest BCUT2D eigenvalue weighted by Crippen LogP contribution is 2.35. The molecule has 2 aromatic rings. The van der Waals surface area contributed by atoms with Gasteiger partial charge in [0.15, 0.2) is 6.29 Å². The highest BCUT2D eigenvalue weighted by atomic mass is 32.2. The smallest absolute Gasteiger partial charge is 0.407 e. The molecule has 2 aliphatic heterocycles. The third-order valence-electron chi connectivity index (χ3n) is 7.31. The lowest BCUT2D eigenvalue weighted by atomic mass is 10.00. The van der Waals surface area contributed by atoms with Crippen molar-refractivity contribution in [2.24, 2.45) is 11.8 Å². The fourth-order valence-electron chi connectivity index (χ4n) is 5.18. The van der Waals surface area contributed by atoms with E-state index in [2.05, 4.69) is 5.32 Å². The number of aliphatic hydroxyl groups excluding tert-OH is 1. The van der Waals surface area contributed by atoms with Crippen LogP contribution in [0.4, 0.5) is 4.79 Å². The molecular formula is C29H40N2O9S. The Hall–Kier alpha value is -2.74. The number of hydrogen-bond donors (Lipinski definition) is 2. The van der Waals surface area contributed by atoms with E-state index < -0.39 is 40.7 Å². The number of fused-ring (bicyclic) bond motifs is 1. The van der Waals surface area contributed by atoms with Crippen LogP contribution in [-0.4, -0.2) is 95.1 Å². The van der Waals surface area contributed by atoms with E-state index in [1.54, 1.807) is 19.2 Å². The zero-order valence-corrected chi connectivity index (χ0v) is 24.7. The van der Waals surface area contributed by atoms with Crippen molar-refractivity contribution in [1.29, 1.82) is 0 Å². The maximum atomic E-state index is 13.6. The molecule has 4 rings (SSSR count). The quantitative estimate of drug-likeness (QED) is 0.360. The molecule has 2 aliphatic rings. The summed E-state index contributed by atoms with van der Waals surface area (Å²) in [5.74, 6) is 0.253. The number of carbonyl (C=O) groups is 1. The molecule has 2 saturated heterocycles. The number of carbonyl (C=O) groups excluding carboxylic acids is 1. The molecule has 12 heteroatoms. The van der Waals surface area contributed by atoms with E-state index in [0.717, 1.165) is 5.56 Å². The van der Waals surface area contributed by atoms with Gasteiger partial charge in [0.05, 0.1) is 49.4 Å². The third kappa shape index (κ3) is 7.76. The molecule has 11 nitrogen and oxygen atoms in total. The van der Waals surface area contributed by atoms with Crippen molar-refractivity contribution >= 4 is 16.1 Å². The van der Waals surface area contributed by atoms with Crippen LogP contribution in [0.1, 0.15) is 19.4 Å². The normalized spacial score (nSPS) is 23.8. The first-order valence-electron chi connectivity index (χ1n) is 13.7. The van der Waals surface area contributed by atoms with E-state index >= 15 is 0 Å². The molecule has 1 amide bonds. The highest BCUT2D eigenvalue weighted by molar-refractivity contribution is 7.89. The van der Waals surface area contributed by atoms with Gasteiger partial charge in [0, 0.05) is 20.2 Å². The van der Waals surface area contributed by atoms with Crippen LogP contribution >= 0.6 is 0 Å². The number of sulfonamides is 1. The monoisotopic (exact) mass is 592 g/mol. The molecule has 0 bridgehead atoms. The molecular weight excluding hydrogens is 552 g/mol. The van der Waals surface area contributed by atoms with Gasteiger partial charge in [0.25, 0.3) is 0 Å². The molecule has 41 heavy (non-hydrogen) atoms. The van der Waals surface area contributed by atoms with Gasteiger partial charge in [-0.3, -0.25) is 0 Å². The summed E-state index contributed by atoms with van der Waals surface area (Å²) in [5.41, 5.74) is 0.859. The van der Waals surface area contributed by atoms with Crippen molar-refractivity contribution in [2.45, 2.75) is 55.8 Å². The van der Waals surface area contributed by atoms with Crippen LogP contribution in [0.3, 0.4) is 0 Å². The summed E-state index contributed by atoms with van der Waals surface area (Å²) < 4.78 is 56.0. The molecule has 2 aromatic carbocycles. The first-order chi connectivity index (χ1) is 19.6. The van der Waals surface area contributed by atoms with E-state index in [-0.39, 0.29) is 49.0 Å². The predicted molar refractivity (Wildman–Crippen MR) is 150 cm³/mol. The Balaban J connectivity index is 1.51. The molecule has 0 spiro atoms. The van der Waals surface area contributed by atoms with Crippen LogP contribution in [0.2, 0.25) is 0 Å². The third-order valence-corrected chi connectivity index (χ3v) is 9.15. The zero-order valence-electron chi connectivity index (χ0n) is 23.8. The topological polar surface area (TPSA) is 133 Å². The van der Waals surface area contributed by atoms with Gasteiger partial charge < -0.3 is 34.1 Å². The minimum Gasteiger partial charge on any atom is -0.497 e. The Kier molecular flexibility index (Phi) is 10.6. The molecule has 2 N–H and O–H groups in total. The van der Waals surface area contributed by atoms with Gasteiger partial charge in [0.2, 0.25) is 10.0 Å². The molecule has 2 fully saturated rings. The second-order valence-corrected chi connectivity index (χ2v) is 12.7.